The minimum Gasteiger partial charge on any atom is -0.481 e. The predicted octanol–water partition coefficient (Wildman–Crippen LogP) is 3.97. The van der Waals surface area contributed by atoms with Crippen molar-refractivity contribution in [1.29, 1.82) is 0 Å². The molecule has 30 heavy (non-hydrogen) atoms. The Morgan fingerprint density at radius 1 is 1.33 bits per heavy atom. The lowest BCUT2D eigenvalue weighted by molar-refractivity contribution is -0.136. The molecular formula is C20H19F3N4O3. The standard InChI is InChI=1S/C20H19F3N4O3/c1-11-17-14(20(21,22)23)9-15(25-18(17)30-26-11)13-4-3-7-27(10-13)19(28)12-5-6-24-16(8-12)29-2/h5-6,8-9,13H,3-4,7,10H2,1-2H3/t13-/m1/s1. The van der Waals surface area contributed by atoms with Crippen LogP contribution in [0, 0.1) is 6.92 Å². The molecule has 1 amide bonds. The number of amides is 1. The van der Waals surface area contributed by atoms with Crippen LogP contribution in [0.25, 0.3) is 11.1 Å². The highest BCUT2D eigenvalue weighted by atomic mass is 19.4. The van der Waals surface area contributed by atoms with Gasteiger partial charge in [-0.05, 0) is 31.9 Å². The van der Waals surface area contributed by atoms with Crippen LogP contribution in [0.3, 0.4) is 0 Å². The highest BCUT2D eigenvalue weighted by Crippen LogP contribution is 2.38. The quantitative estimate of drug-likeness (QED) is 0.638. The van der Waals surface area contributed by atoms with E-state index in [0.717, 1.165) is 6.07 Å². The van der Waals surface area contributed by atoms with Crippen LogP contribution in [0.1, 0.15) is 46.1 Å². The number of carbonyl (C=O) groups is 1. The van der Waals surface area contributed by atoms with Gasteiger partial charge in [0.1, 0.15) is 0 Å². The minimum absolute atomic E-state index is 0.126. The van der Waals surface area contributed by atoms with Crippen molar-refractivity contribution in [3.8, 4) is 5.88 Å². The van der Waals surface area contributed by atoms with E-state index >= 15 is 0 Å². The molecule has 0 spiro atoms. The SMILES string of the molecule is COc1cc(C(=O)N2CCC[C@@H](c3cc(C(F)(F)F)c4c(C)noc4n3)C2)ccn1. The first-order valence-electron chi connectivity index (χ1n) is 9.41. The number of ether oxygens (including phenoxy) is 1. The van der Waals surface area contributed by atoms with Crippen LogP contribution in [0.15, 0.2) is 28.9 Å². The molecule has 1 saturated heterocycles. The van der Waals surface area contributed by atoms with E-state index < -0.39 is 11.7 Å². The molecule has 0 bridgehead atoms. The number of aryl methyl sites for hydroxylation is 1. The van der Waals surface area contributed by atoms with Gasteiger partial charge in [-0.15, -0.1) is 0 Å². The third-order valence-corrected chi connectivity index (χ3v) is 5.26. The first kappa shape index (κ1) is 20.1. The number of carbonyl (C=O) groups excluding carboxylic acids is 1. The second-order valence-electron chi connectivity index (χ2n) is 7.22. The lowest BCUT2D eigenvalue weighted by Crippen LogP contribution is -2.39. The van der Waals surface area contributed by atoms with Crippen LogP contribution in [0.5, 0.6) is 5.88 Å². The fraction of sp³-hybridized carbons (Fsp3) is 0.400. The maximum Gasteiger partial charge on any atom is 0.417 e. The van der Waals surface area contributed by atoms with Gasteiger partial charge in [0.25, 0.3) is 11.6 Å². The van der Waals surface area contributed by atoms with E-state index in [1.165, 1.54) is 26.3 Å². The number of nitrogens with zero attached hydrogens (tertiary/aromatic N) is 4. The molecular weight excluding hydrogens is 401 g/mol. The molecule has 0 aromatic carbocycles. The van der Waals surface area contributed by atoms with E-state index in [-0.39, 0.29) is 40.9 Å². The molecule has 0 aliphatic carbocycles. The molecule has 1 atom stereocenters. The number of halogens is 3. The first-order valence-corrected chi connectivity index (χ1v) is 9.41. The Morgan fingerprint density at radius 2 is 2.13 bits per heavy atom. The lowest BCUT2D eigenvalue weighted by atomic mass is 9.92. The Hall–Kier alpha value is -3.17. The molecule has 0 saturated carbocycles. The summed E-state index contributed by atoms with van der Waals surface area (Å²) in [5, 5.41) is 3.51. The van der Waals surface area contributed by atoms with Crippen LogP contribution in [0.2, 0.25) is 0 Å². The Morgan fingerprint density at radius 3 is 2.87 bits per heavy atom. The molecule has 10 heteroatoms. The number of rotatable bonds is 3. The fourth-order valence-corrected chi connectivity index (χ4v) is 3.79. The van der Waals surface area contributed by atoms with E-state index in [4.69, 9.17) is 9.26 Å². The van der Waals surface area contributed by atoms with Crippen molar-refractivity contribution >= 4 is 17.0 Å². The topological polar surface area (TPSA) is 81.4 Å². The molecule has 1 fully saturated rings. The zero-order valence-corrected chi connectivity index (χ0v) is 16.4. The van der Waals surface area contributed by atoms with Gasteiger partial charge in [0.2, 0.25) is 5.88 Å². The molecule has 158 valence electrons. The van der Waals surface area contributed by atoms with Gasteiger partial charge in [-0.3, -0.25) is 4.79 Å². The highest BCUT2D eigenvalue weighted by molar-refractivity contribution is 5.94. The third-order valence-electron chi connectivity index (χ3n) is 5.26. The summed E-state index contributed by atoms with van der Waals surface area (Å²) in [4.78, 5) is 22.8. The molecule has 4 heterocycles. The van der Waals surface area contributed by atoms with Crippen LogP contribution < -0.4 is 4.74 Å². The van der Waals surface area contributed by atoms with Gasteiger partial charge >= 0.3 is 6.18 Å². The van der Waals surface area contributed by atoms with E-state index in [9.17, 15) is 18.0 Å². The summed E-state index contributed by atoms with van der Waals surface area (Å²) >= 11 is 0. The number of pyridine rings is 2. The molecule has 4 rings (SSSR count). The summed E-state index contributed by atoms with van der Waals surface area (Å²) in [6, 6.07) is 4.17. The van der Waals surface area contributed by atoms with Crippen molar-refractivity contribution in [1.82, 2.24) is 20.0 Å². The normalized spacial score (nSPS) is 17.4. The maximum atomic E-state index is 13.6. The van der Waals surface area contributed by atoms with Gasteiger partial charge in [0.05, 0.1) is 29.4 Å². The van der Waals surface area contributed by atoms with Crippen LogP contribution in [-0.4, -0.2) is 46.1 Å². The average Bonchev–Trinajstić information content (AvgIpc) is 3.12. The number of hydrogen-bond acceptors (Lipinski definition) is 6. The van der Waals surface area contributed by atoms with E-state index in [1.807, 2.05) is 0 Å². The zero-order valence-electron chi connectivity index (χ0n) is 16.4. The van der Waals surface area contributed by atoms with Crippen LogP contribution >= 0.6 is 0 Å². The predicted molar refractivity (Wildman–Crippen MR) is 100 cm³/mol. The largest absolute Gasteiger partial charge is 0.481 e. The Labute approximate surface area is 169 Å². The van der Waals surface area contributed by atoms with Gasteiger partial charge in [-0.2, -0.15) is 13.2 Å². The molecule has 0 unspecified atom stereocenters. The average molecular weight is 420 g/mol. The van der Waals surface area contributed by atoms with Crippen molar-refractivity contribution in [2.75, 3.05) is 20.2 Å². The van der Waals surface area contributed by atoms with Crippen LogP contribution in [0.4, 0.5) is 13.2 Å². The van der Waals surface area contributed by atoms with E-state index in [0.29, 0.717) is 30.8 Å². The summed E-state index contributed by atoms with van der Waals surface area (Å²) in [6.07, 6.45) is -1.82. The summed E-state index contributed by atoms with van der Waals surface area (Å²) in [6.45, 7) is 2.22. The third kappa shape index (κ3) is 3.69. The molecule has 3 aromatic heterocycles. The van der Waals surface area contributed by atoms with Gasteiger partial charge < -0.3 is 14.2 Å². The number of fused-ring (bicyclic) bond motifs is 1. The molecule has 0 radical (unpaired) electrons. The van der Waals surface area contributed by atoms with Gasteiger partial charge in [-0.1, -0.05) is 5.16 Å². The Balaban J connectivity index is 1.65. The van der Waals surface area contributed by atoms with Crippen molar-refractivity contribution in [2.45, 2.75) is 31.9 Å². The molecule has 7 nitrogen and oxygen atoms in total. The van der Waals surface area contributed by atoms with Crippen molar-refractivity contribution in [3.05, 3.63) is 46.9 Å². The summed E-state index contributed by atoms with van der Waals surface area (Å²) in [5.41, 5.74) is -0.157. The molecule has 1 aliphatic rings. The van der Waals surface area contributed by atoms with Gasteiger partial charge in [0, 0.05) is 36.8 Å². The number of hydrogen-bond donors (Lipinski definition) is 0. The highest BCUT2D eigenvalue weighted by Gasteiger charge is 2.37. The Bertz CT molecular complexity index is 1100. The second kappa shape index (κ2) is 7.58. The van der Waals surface area contributed by atoms with E-state index in [1.54, 1.807) is 11.0 Å². The molecule has 3 aromatic rings. The Kier molecular flexibility index (Phi) is 5.08. The van der Waals surface area contributed by atoms with Crippen molar-refractivity contribution in [3.63, 3.8) is 0 Å². The monoisotopic (exact) mass is 420 g/mol. The number of piperidine rings is 1. The van der Waals surface area contributed by atoms with Crippen LogP contribution in [-0.2, 0) is 6.18 Å². The lowest BCUT2D eigenvalue weighted by Gasteiger charge is -2.32. The number of likely N-dealkylation sites (tertiary alicyclic amines) is 1. The number of methoxy groups -OCH3 is 1. The first-order chi connectivity index (χ1) is 14.3. The van der Waals surface area contributed by atoms with Gasteiger partial charge in [-0.25, -0.2) is 9.97 Å². The molecule has 1 aliphatic heterocycles. The van der Waals surface area contributed by atoms with Gasteiger partial charge in [0.15, 0.2) is 0 Å². The summed E-state index contributed by atoms with van der Waals surface area (Å²) in [7, 11) is 1.46. The van der Waals surface area contributed by atoms with E-state index in [2.05, 4.69) is 15.1 Å². The zero-order chi connectivity index (χ0) is 21.5. The summed E-state index contributed by atoms with van der Waals surface area (Å²) < 4.78 is 51.0. The maximum absolute atomic E-state index is 13.6. The molecule has 0 N–H and O–H groups in total. The van der Waals surface area contributed by atoms with Crippen molar-refractivity contribution < 1.29 is 27.2 Å². The minimum atomic E-state index is -4.57. The number of alkyl halides is 3. The second-order valence-corrected chi connectivity index (χ2v) is 7.22. The van der Waals surface area contributed by atoms with Crippen molar-refractivity contribution in [2.24, 2.45) is 0 Å². The number of aromatic nitrogens is 3. The smallest absolute Gasteiger partial charge is 0.417 e. The fourth-order valence-electron chi connectivity index (χ4n) is 3.79. The summed E-state index contributed by atoms with van der Waals surface area (Å²) in [5.74, 6) is -0.257.